The van der Waals surface area contributed by atoms with E-state index < -0.39 is 14.9 Å². The first-order chi connectivity index (χ1) is 14.9. The number of benzene rings is 2. The maximum Gasteiger partial charge on any atom is 0.269 e. The number of nitro benzene ring substituents is 1. The van der Waals surface area contributed by atoms with E-state index in [-0.39, 0.29) is 23.6 Å². The van der Waals surface area contributed by atoms with Crippen molar-refractivity contribution in [1.29, 1.82) is 0 Å². The van der Waals surface area contributed by atoms with Crippen molar-refractivity contribution in [3.8, 4) is 0 Å². The zero-order chi connectivity index (χ0) is 21.6. The van der Waals surface area contributed by atoms with Gasteiger partial charge in [-0.1, -0.05) is 30.7 Å². The summed E-state index contributed by atoms with van der Waals surface area (Å²) in [5, 5.41) is 14.6. The van der Waals surface area contributed by atoms with Crippen LogP contribution in [0.1, 0.15) is 48.8 Å². The Kier molecular flexibility index (Phi) is 5.06. The van der Waals surface area contributed by atoms with Gasteiger partial charge >= 0.3 is 0 Å². The van der Waals surface area contributed by atoms with Crippen molar-refractivity contribution >= 4 is 21.4 Å². The minimum Gasteiger partial charge on any atom is -0.378 e. The van der Waals surface area contributed by atoms with Gasteiger partial charge in [0.05, 0.1) is 15.9 Å². The normalized spacial score (nSPS) is 25.5. The highest BCUT2D eigenvalue weighted by Gasteiger charge is 2.39. The van der Waals surface area contributed by atoms with E-state index in [2.05, 4.69) is 17.5 Å². The molecule has 0 amide bonds. The lowest BCUT2D eigenvalue weighted by atomic mass is 9.77. The van der Waals surface area contributed by atoms with Gasteiger partial charge in [0.25, 0.3) is 5.69 Å². The van der Waals surface area contributed by atoms with E-state index in [0.717, 1.165) is 42.5 Å². The summed E-state index contributed by atoms with van der Waals surface area (Å²) >= 11 is 0. The maximum absolute atomic E-state index is 13.2. The van der Waals surface area contributed by atoms with Crippen molar-refractivity contribution in [2.24, 2.45) is 5.92 Å². The third-order valence-corrected chi connectivity index (χ3v) is 8.64. The maximum atomic E-state index is 13.2. The van der Waals surface area contributed by atoms with E-state index in [1.807, 2.05) is 24.3 Å². The summed E-state index contributed by atoms with van der Waals surface area (Å²) in [5.74, 6) is 0.356. The molecule has 2 aromatic carbocycles. The van der Waals surface area contributed by atoms with Crippen LogP contribution in [0.4, 0.5) is 11.4 Å². The van der Waals surface area contributed by atoms with Crippen LogP contribution in [0.15, 0.2) is 59.5 Å². The van der Waals surface area contributed by atoms with Crippen molar-refractivity contribution < 1.29 is 13.3 Å². The fraction of sp³-hybridized carbons (Fsp3) is 0.391. The molecule has 1 saturated heterocycles. The molecule has 3 unspecified atom stereocenters. The second kappa shape index (κ2) is 7.76. The molecule has 3 aliphatic rings. The highest BCUT2D eigenvalue weighted by Crippen LogP contribution is 2.50. The first-order valence-electron chi connectivity index (χ1n) is 10.8. The van der Waals surface area contributed by atoms with Gasteiger partial charge in [0.15, 0.2) is 0 Å². The van der Waals surface area contributed by atoms with Crippen LogP contribution in [0.25, 0.3) is 0 Å². The molecule has 1 aliphatic carbocycles. The number of allylic oxidation sites excluding steroid dienone is 2. The number of nitrogens with zero attached hydrogens (tertiary/aromatic N) is 2. The third kappa shape index (κ3) is 3.53. The van der Waals surface area contributed by atoms with Crippen molar-refractivity contribution in [3.05, 3.63) is 75.9 Å². The number of sulfonamides is 1. The molecule has 7 nitrogen and oxygen atoms in total. The standard InChI is InChI=1S/C23H25N3O4S/c27-26(28)17-9-7-16(8-10-17)23-20-6-4-5-19(20)21-15-18(11-12-22(21)24-23)31(29,30)25-13-2-1-3-14-25/h4-5,7-12,15,19-20,23-24H,1-3,6,13-14H2. The van der Waals surface area contributed by atoms with E-state index in [4.69, 9.17) is 0 Å². The van der Waals surface area contributed by atoms with Gasteiger partial charge in [0.1, 0.15) is 0 Å². The number of hydrogen-bond acceptors (Lipinski definition) is 5. The molecule has 2 aliphatic heterocycles. The Labute approximate surface area is 182 Å². The number of piperidine rings is 1. The number of nitrogens with one attached hydrogen (secondary N) is 1. The predicted molar refractivity (Wildman–Crippen MR) is 118 cm³/mol. The molecule has 3 atom stereocenters. The fourth-order valence-electron chi connectivity index (χ4n) is 5.12. The number of rotatable bonds is 4. The number of nitro groups is 1. The van der Waals surface area contributed by atoms with E-state index >= 15 is 0 Å². The average Bonchev–Trinajstić information content (AvgIpc) is 3.29. The first kappa shape index (κ1) is 20.2. The van der Waals surface area contributed by atoms with Gasteiger partial charge in [-0.15, -0.1) is 0 Å². The number of anilines is 1. The van der Waals surface area contributed by atoms with Crippen LogP contribution in [0.2, 0.25) is 0 Å². The zero-order valence-corrected chi connectivity index (χ0v) is 17.9. The van der Waals surface area contributed by atoms with Crippen LogP contribution in [-0.2, 0) is 10.0 Å². The largest absolute Gasteiger partial charge is 0.378 e. The topological polar surface area (TPSA) is 92.5 Å². The van der Waals surface area contributed by atoms with Crippen LogP contribution in [-0.4, -0.2) is 30.7 Å². The summed E-state index contributed by atoms with van der Waals surface area (Å²) in [7, 11) is -3.49. The van der Waals surface area contributed by atoms with E-state index in [9.17, 15) is 18.5 Å². The Morgan fingerprint density at radius 2 is 1.77 bits per heavy atom. The molecule has 8 heteroatoms. The monoisotopic (exact) mass is 439 g/mol. The summed E-state index contributed by atoms with van der Waals surface area (Å²) < 4.78 is 27.9. The molecule has 162 valence electrons. The van der Waals surface area contributed by atoms with Crippen LogP contribution in [0.3, 0.4) is 0 Å². The van der Waals surface area contributed by atoms with Crippen LogP contribution in [0, 0.1) is 16.0 Å². The summed E-state index contributed by atoms with van der Waals surface area (Å²) in [5.41, 5.74) is 3.01. The fourth-order valence-corrected chi connectivity index (χ4v) is 6.67. The molecule has 31 heavy (non-hydrogen) atoms. The van der Waals surface area contributed by atoms with Crippen LogP contribution < -0.4 is 5.32 Å². The lowest BCUT2D eigenvalue weighted by Gasteiger charge is -2.38. The van der Waals surface area contributed by atoms with Crippen LogP contribution in [0.5, 0.6) is 0 Å². The highest BCUT2D eigenvalue weighted by atomic mass is 32.2. The van der Waals surface area contributed by atoms with Gasteiger partial charge in [-0.25, -0.2) is 8.42 Å². The van der Waals surface area contributed by atoms with Gasteiger partial charge in [-0.3, -0.25) is 10.1 Å². The lowest BCUT2D eigenvalue weighted by Crippen LogP contribution is -2.36. The summed E-state index contributed by atoms with van der Waals surface area (Å²) in [6.45, 7) is 1.18. The number of non-ortho nitro benzene ring substituents is 1. The molecule has 2 aromatic rings. The van der Waals surface area contributed by atoms with E-state index in [1.165, 1.54) is 12.1 Å². The zero-order valence-electron chi connectivity index (χ0n) is 17.1. The first-order valence-corrected chi connectivity index (χ1v) is 12.2. The third-order valence-electron chi connectivity index (χ3n) is 6.75. The van der Waals surface area contributed by atoms with Crippen molar-refractivity contribution in [2.75, 3.05) is 18.4 Å². The SMILES string of the molecule is O=[N+]([O-])c1ccc(C2Nc3ccc(S(=O)(=O)N4CCCCC4)cc3C3C=CCC32)cc1. The van der Waals surface area contributed by atoms with Crippen molar-refractivity contribution in [2.45, 2.75) is 42.5 Å². The van der Waals surface area contributed by atoms with Crippen molar-refractivity contribution in [1.82, 2.24) is 4.31 Å². The molecule has 0 saturated carbocycles. The molecule has 1 N–H and O–H groups in total. The summed E-state index contributed by atoms with van der Waals surface area (Å²) in [6.07, 6.45) is 8.10. The van der Waals surface area contributed by atoms with E-state index in [0.29, 0.717) is 18.0 Å². The summed E-state index contributed by atoms with van der Waals surface area (Å²) in [6, 6.07) is 12.1. The Bertz CT molecular complexity index is 1140. The molecular weight excluding hydrogens is 414 g/mol. The number of hydrogen-bond donors (Lipinski definition) is 1. The molecule has 0 radical (unpaired) electrons. The number of fused-ring (bicyclic) bond motifs is 3. The van der Waals surface area contributed by atoms with Crippen molar-refractivity contribution in [3.63, 3.8) is 0 Å². The molecule has 2 heterocycles. The molecule has 0 bridgehead atoms. The van der Waals surface area contributed by atoms with Gasteiger partial charge in [0, 0.05) is 36.8 Å². The Hall–Kier alpha value is -2.71. The molecule has 5 rings (SSSR count). The van der Waals surface area contributed by atoms with Gasteiger partial charge in [-0.05, 0) is 54.5 Å². The van der Waals surface area contributed by atoms with Gasteiger partial charge in [0.2, 0.25) is 10.0 Å². The molecule has 0 spiro atoms. The lowest BCUT2D eigenvalue weighted by molar-refractivity contribution is -0.384. The minimum absolute atomic E-state index is 0.0119. The Morgan fingerprint density at radius 3 is 2.48 bits per heavy atom. The van der Waals surface area contributed by atoms with Gasteiger partial charge < -0.3 is 5.32 Å². The molecule has 0 aromatic heterocycles. The minimum atomic E-state index is -3.49. The molecular formula is C23H25N3O4S. The molecule has 1 fully saturated rings. The van der Waals surface area contributed by atoms with Gasteiger partial charge in [-0.2, -0.15) is 4.31 Å². The second-order valence-electron chi connectivity index (χ2n) is 8.54. The quantitative estimate of drug-likeness (QED) is 0.427. The van der Waals surface area contributed by atoms with E-state index in [1.54, 1.807) is 10.4 Å². The average molecular weight is 440 g/mol. The summed E-state index contributed by atoms with van der Waals surface area (Å²) in [4.78, 5) is 11.0. The van der Waals surface area contributed by atoms with Crippen LogP contribution >= 0.6 is 0 Å². The Balaban J connectivity index is 1.48. The second-order valence-corrected chi connectivity index (χ2v) is 10.5. The Morgan fingerprint density at radius 1 is 1.03 bits per heavy atom. The predicted octanol–water partition coefficient (Wildman–Crippen LogP) is 4.60. The smallest absolute Gasteiger partial charge is 0.269 e. The highest BCUT2D eigenvalue weighted by molar-refractivity contribution is 7.89.